The molecule has 2 N–H and O–H groups in total. The lowest BCUT2D eigenvalue weighted by Crippen LogP contribution is -2.32. The molecule has 0 bridgehead atoms. The van der Waals surface area contributed by atoms with Crippen LogP contribution in [0.15, 0.2) is 53.6 Å². The molecule has 0 aromatic heterocycles. The van der Waals surface area contributed by atoms with E-state index in [4.69, 9.17) is 17.0 Å². The van der Waals surface area contributed by atoms with Crippen molar-refractivity contribution in [2.45, 2.75) is 13.5 Å². The summed E-state index contributed by atoms with van der Waals surface area (Å²) in [7, 11) is 0. The fourth-order valence-corrected chi connectivity index (χ4v) is 2.09. The maximum Gasteiger partial charge on any atom is 0.187 e. The first kappa shape index (κ1) is 19.3. The second kappa shape index (κ2) is 9.47. The van der Waals surface area contributed by atoms with E-state index in [1.165, 1.54) is 12.1 Å². The average molecular weight is 374 g/mol. The molecule has 2 aromatic carbocycles. The monoisotopic (exact) mass is 374 g/mol. The van der Waals surface area contributed by atoms with E-state index in [1.807, 2.05) is 0 Å². The van der Waals surface area contributed by atoms with Crippen molar-refractivity contribution in [2.24, 2.45) is 5.10 Å². The number of aliphatic carboxylic acids is 1. The second-order valence-corrected chi connectivity index (χ2v) is 5.71. The van der Waals surface area contributed by atoms with Crippen LogP contribution in [0, 0.1) is 5.82 Å². The quantitative estimate of drug-likeness (QED) is 0.432. The molecule has 0 heterocycles. The molecule has 2 rings (SSSR count). The van der Waals surface area contributed by atoms with Crippen molar-refractivity contribution in [1.82, 2.24) is 10.7 Å². The molecule has 0 aliphatic rings. The molecule has 0 spiro atoms. The Kier molecular flexibility index (Phi) is 7.04. The van der Waals surface area contributed by atoms with Crippen LogP contribution >= 0.6 is 12.2 Å². The van der Waals surface area contributed by atoms with Gasteiger partial charge in [-0.2, -0.15) is 5.10 Å². The summed E-state index contributed by atoms with van der Waals surface area (Å²) in [6, 6.07) is 12.9. The lowest BCUT2D eigenvalue weighted by Gasteiger charge is -2.10. The predicted octanol–water partition coefficient (Wildman–Crippen LogP) is 1.34. The van der Waals surface area contributed by atoms with Crippen molar-refractivity contribution in [3.8, 4) is 5.75 Å². The summed E-state index contributed by atoms with van der Waals surface area (Å²) in [6.45, 7) is 1.69. The number of hydrogen-bond acceptors (Lipinski definition) is 5. The van der Waals surface area contributed by atoms with Crippen LogP contribution in [-0.2, 0) is 11.3 Å². The Hall–Kier alpha value is -3.00. The minimum Gasteiger partial charge on any atom is -0.546 e. The largest absolute Gasteiger partial charge is 0.546 e. The summed E-state index contributed by atoms with van der Waals surface area (Å²) in [5.41, 5.74) is 4.98. The van der Waals surface area contributed by atoms with E-state index in [-0.39, 0.29) is 5.82 Å². The van der Waals surface area contributed by atoms with E-state index in [0.717, 1.165) is 11.1 Å². The Labute approximate surface area is 155 Å². The Morgan fingerprint density at radius 2 is 2.00 bits per heavy atom. The van der Waals surface area contributed by atoms with Crippen LogP contribution in [0.5, 0.6) is 5.75 Å². The topological polar surface area (TPSA) is 85.8 Å². The summed E-state index contributed by atoms with van der Waals surface area (Å²) in [5, 5.41) is 17.9. The number of rotatable bonds is 7. The molecule has 0 saturated heterocycles. The number of carbonyl (C=O) groups excluding carboxylic acids is 1. The molecule has 0 unspecified atom stereocenters. The lowest BCUT2D eigenvalue weighted by molar-refractivity contribution is -0.307. The fraction of sp³-hybridized carbons (Fsp3) is 0.167. The molecule has 0 amide bonds. The third-order valence-electron chi connectivity index (χ3n) is 3.30. The highest BCUT2D eigenvalue weighted by Gasteiger charge is 2.02. The molecule has 26 heavy (non-hydrogen) atoms. The van der Waals surface area contributed by atoms with E-state index < -0.39 is 12.6 Å². The first-order valence-corrected chi connectivity index (χ1v) is 8.10. The zero-order chi connectivity index (χ0) is 18.9. The number of carboxylic acids is 1. The van der Waals surface area contributed by atoms with Crippen LogP contribution in [0.25, 0.3) is 0 Å². The molecule has 0 saturated carbocycles. The summed E-state index contributed by atoms with van der Waals surface area (Å²) < 4.78 is 17.9. The number of nitrogens with one attached hydrogen (secondary N) is 2. The van der Waals surface area contributed by atoms with Crippen molar-refractivity contribution < 1.29 is 19.0 Å². The first-order chi connectivity index (χ1) is 12.4. The summed E-state index contributed by atoms with van der Waals surface area (Å²) in [4.78, 5) is 10.4. The Morgan fingerprint density at radius 3 is 2.69 bits per heavy atom. The number of carbonyl (C=O) groups is 1. The third kappa shape index (κ3) is 6.48. The number of benzene rings is 2. The molecule has 0 aliphatic heterocycles. The number of thiocarbonyl (C=S) groups is 1. The molecular formula is C18H17FN3O3S-. The fourth-order valence-electron chi connectivity index (χ4n) is 1.98. The normalized spacial score (nSPS) is 10.9. The van der Waals surface area contributed by atoms with Crippen molar-refractivity contribution >= 4 is 29.0 Å². The van der Waals surface area contributed by atoms with Gasteiger partial charge >= 0.3 is 0 Å². The third-order valence-corrected chi connectivity index (χ3v) is 3.54. The highest BCUT2D eigenvalue weighted by molar-refractivity contribution is 7.80. The van der Waals surface area contributed by atoms with Gasteiger partial charge in [0.2, 0.25) is 0 Å². The average Bonchev–Trinajstić information content (AvgIpc) is 2.64. The van der Waals surface area contributed by atoms with Gasteiger partial charge in [-0.25, -0.2) is 4.39 Å². The predicted molar refractivity (Wildman–Crippen MR) is 98.1 cm³/mol. The van der Waals surface area contributed by atoms with Crippen LogP contribution < -0.4 is 20.6 Å². The summed E-state index contributed by atoms with van der Waals surface area (Å²) in [5.74, 6) is -1.18. The minimum absolute atomic E-state index is 0.291. The van der Waals surface area contributed by atoms with Gasteiger partial charge in [0.05, 0.1) is 11.7 Å². The molecule has 136 valence electrons. The van der Waals surface area contributed by atoms with Crippen molar-refractivity contribution in [3.05, 3.63) is 65.5 Å². The van der Waals surface area contributed by atoms with Gasteiger partial charge in [0.25, 0.3) is 0 Å². The standard InChI is InChI=1S/C18H18FN3O3S/c1-12(14-3-2-4-16(9-14)25-11-17(23)24)21-22-18(26)20-10-13-5-7-15(19)8-6-13/h2-9H,10-11H2,1H3,(H,23,24)(H2,20,22,26)/p-1/b21-12-. The highest BCUT2D eigenvalue weighted by atomic mass is 32.1. The Morgan fingerprint density at radius 1 is 1.27 bits per heavy atom. The Bertz CT molecular complexity index is 810. The van der Waals surface area contributed by atoms with Gasteiger partial charge in [0, 0.05) is 12.1 Å². The smallest absolute Gasteiger partial charge is 0.187 e. The van der Waals surface area contributed by atoms with Crippen molar-refractivity contribution in [3.63, 3.8) is 0 Å². The van der Waals surface area contributed by atoms with Gasteiger partial charge in [-0.15, -0.1) is 0 Å². The molecular weight excluding hydrogens is 357 g/mol. The second-order valence-electron chi connectivity index (χ2n) is 5.31. The molecule has 0 fully saturated rings. The van der Waals surface area contributed by atoms with E-state index >= 15 is 0 Å². The first-order valence-electron chi connectivity index (χ1n) is 7.69. The van der Waals surface area contributed by atoms with E-state index in [9.17, 15) is 14.3 Å². The maximum absolute atomic E-state index is 12.9. The van der Waals surface area contributed by atoms with Crippen LogP contribution in [0.2, 0.25) is 0 Å². The number of carboxylic acid groups (broad SMARTS) is 1. The zero-order valence-corrected chi connectivity index (χ0v) is 14.8. The summed E-state index contributed by atoms with van der Waals surface area (Å²) >= 11 is 5.14. The van der Waals surface area contributed by atoms with E-state index in [1.54, 1.807) is 43.3 Å². The van der Waals surface area contributed by atoms with Gasteiger partial charge in [-0.05, 0) is 49.0 Å². The SMILES string of the molecule is C/C(=N/NC(=S)NCc1ccc(F)cc1)c1cccc(OCC(=O)[O-])c1. The molecule has 0 atom stereocenters. The van der Waals surface area contributed by atoms with Crippen LogP contribution in [0.3, 0.4) is 0 Å². The molecule has 0 aliphatic carbocycles. The molecule has 2 aromatic rings. The highest BCUT2D eigenvalue weighted by Crippen LogP contribution is 2.13. The van der Waals surface area contributed by atoms with E-state index in [0.29, 0.717) is 23.1 Å². The molecule has 0 radical (unpaired) electrons. The van der Waals surface area contributed by atoms with Gasteiger partial charge in [-0.1, -0.05) is 24.3 Å². The van der Waals surface area contributed by atoms with Crippen LogP contribution in [0.4, 0.5) is 4.39 Å². The molecule has 8 heteroatoms. The van der Waals surface area contributed by atoms with Gasteiger partial charge < -0.3 is 20.0 Å². The maximum atomic E-state index is 12.9. The van der Waals surface area contributed by atoms with Crippen molar-refractivity contribution in [2.75, 3.05) is 6.61 Å². The lowest BCUT2D eigenvalue weighted by atomic mass is 10.1. The van der Waals surface area contributed by atoms with Crippen LogP contribution in [0.1, 0.15) is 18.1 Å². The number of halogens is 1. The number of hydrogen-bond donors (Lipinski definition) is 2. The zero-order valence-electron chi connectivity index (χ0n) is 14.0. The number of ether oxygens (including phenoxy) is 1. The number of nitrogens with zero attached hydrogens (tertiary/aromatic N) is 1. The van der Waals surface area contributed by atoms with Gasteiger partial charge in [0.15, 0.2) is 5.11 Å². The van der Waals surface area contributed by atoms with Crippen molar-refractivity contribution in [1.29, 1.82) is 0 Å². The van der Waals surface area contributed by atoms with E-state index in [2.05, 4.69) is 15.8 Å². The molecule has 6 nitrogen and oxygen atoms in total. The van der Waals surface area contributed by atoms with Gasteiger partial charge in [-0.3, -0.25) is 5.43 Å². The Balaban J connectivity index is 1.88. The van der Waals surface area contributed by atoms with Crippen LogP contribution in [-0.4, -0.2) is 23.4 Å². The number of hydrazone groups is 1. The van der Waals surface area contributed by atoms with Gasteiger partial charge in [0.1, 0.15) is 18.2 Å². The minimum atomic E-state index is -1.29. The summed E-state index contributed by atoms with van der Waals surface area (Å²) in [6.07, 6.45) is 0.